The van der Waals surface area contributed by atoms with Crippen LogP contribution in [0.3, 0.4) is 0 Å². The van der Waals surface area contributed by atoms with Crippen molar-refractivity contribution in [3.63, 3.8) is 0 Å². The monoisotopic (exact) mass is 205 g/mol. The second-order valence-corrected chi connectivity index (χ2v) is 3.17. The minimum absolute atomic E-state index is 0.590. The summed E-state index contributed by atoms with van der Waals surface area (Å²) in [5.41, 5.74) is -0.638. The van der Waals surface area contributed by atoms with Crippen molar-refractivity contribution < 1.29 is 14.6 Å². The molecule has 0 amide bonds. The highest BCUT2D eigenvalue weighted by Gasteiger charge is 2.30. The molecule has 1 rings (SSSR count). The highest BCUT2D eigenvalue weighted by Crippen LogP contribution is 2.24. The first-order valence-electron chi connectivity index (χ1n) is 4.41. The SMILES string of the molecule is CC(=O)OOC(C)(C#N)c1ccccc1. The first-order chi connectivity index (χ1) is 7.08. The molecule has 0 spiro atoms. The van der Waals surface area contributed by atoms with E-state index in [1.54, 1.807) is 24.3 Å². The van der Waals surface area contributed by atoms with Crippen LogP contribution in [0.2, 0.25) is 0 Å². The van der Waals surface area contributed by atoms with Gasteiger partial charge in [0.25, 0.3) is 0 Å². The molecule has 0 aromatic heterocycles. The molecule has 0 N–H and O–H groups in total. The molecule has 1 atom stereocenters. The van der Waals surface area contributed by atoms with Gasteiger partial charge < -0.3 is 0 Å². The van der Waals surface area contributed by atoms with Gasteiger partial charge in [0, 0.05) is 12.5 Å². The first-order valence-corrected chi connectivity index (χ1v) is 4.41. The third-order valence-corrected chi connectivity index (χ3v) is 1.86. The Labute approximate surface area is 88.0 Å². The van der Waals surface area contributed by atoms with Crippen LogP contribution >= 0.6 is 0 Å². The quantitative estimate of drug-likeness (QED) is 0.558. The van der Waals surface area contributed by atoms with Crippen LogP contribution in [0.5, 0.6) is 0 Å². The molecule has 0 aliphatic rings. The zero-order valence-electron chi connectivity index (χ0n) is 8.56. The Bertz CT molecular complexity index is 383. The molecule has 4 nitrogen and oxygen atoms in total. The molecule has 1 unspecified atom stereocenters. The molecule has 0 saturated carbocycles. The molecule has 0 heterocycles. The van der Waals surface area contributed by atoms with Gasteiger partial charge in [-0.1, -0.05) is 30.3 Å². The molecule has 0 aliphatic carbocycles. The van der Waals surface area contributed by atoms with Crippen LogP contribution in [0.4, 0.5) is 0 Å². The van der Waals surface area contributed by atoms with Gasteiger partial charge in [0.05, 0.1) is 0 Å². The zero-order valence-corrected chi connectivity index (χ0v) is 8.56. The summed E-state index contributed by atoms with van der Waals surface area (Å²) in [5.74, 6) is -0.590. The Morgan fingerprint density at radius 3 is 2.47 bits per heavy atom. The van der Waals surface area contributed by atoms with Crippen molar-refractivity contribution in [3.05, 3.63) is 35.9 Å². The molecule has 4 heteroatoms. The topological polar surface area (TPSA) is 59.3 Å². The maximum absolute atomic E-state index is 10.6. The summed E-state index contributed by atoms with van der Waals surface area (Å²) in [6.07, 6.45) is 0. The third kappa shape index (κ3) is 2.79. The van der Waals surface area contributed by atoms with Crippen LogP contribution in [0.15, 0.2) is 30.3 Å². The van der Waals surface area contributed by atoms with E-state index < -0.39 is 11.6 Å². The number of nitriles is 1. The van der Waals surface area contributed by atoms with Crippen LogP contribution in [-0.2, 0) is 20.2 Å². The van der Waals surface area contributed by atoms with E-state index in [2.05, 4.69) is 4.89 Å². The van der Waals surface area contributed by atoms with Gasteiger partial charge >= 0.3 is 5.97 Å². The number of hydrogen-bond donors (Lipinski definition) is 0. The van der Waals surface area contributed by atoms with Crippen LogP contribution < -0.4 is 0 Å². The summed E-state index contributed by atoms with van der Waals surface area (Å²) < 4.78 is 0. The second-order valence-electron chi connectivity index (χ2n) is 3.17. The highest BCUT2D eigenvalue weighted by atomic mass is 17.2. The van der Waals surface area contributed by atoms with Gasteiger partial charge in [0.1, 0.15) is 6.07 Å². The predicted octanol–water partition coefficient (Wildman–Crippen LogP) is 1.92. The fraction of sp³-hybridized carbons (Fsp3) is 0.273. The van der Waals surface area contributed by atoms with E-state index in [1.807, 2.05) is 12.1 Å². The van der Waals surface area contributed by atoms with Gasteiger partial charge in [-0.05, 0) is 6.92 Å². The molecular weight excluding hydrogens is 194 g/mol. The summed E-state index contributed by atoms with van der Waals surface area (Å²) in [6.45, 7) is 2.74. The number of rotatable bonds is 3. The molecule has 0 radical (unpaired) electrons. The second kappa shape index (κ2) is 4.58. The number of carbonyl (C=O) groups excluding carboxylic acids is 1. The summed E-state index contributed by atoms with van der Waals surface area (Å²) in [7, 11) is 0. The van der Waals surface area contributed by atoms with E-state index in [1.165, 1.54) is 13.8 Å². The molecule has 1 aromatic carbocycles. The zero-order chi connectivity index (χ0) is 11.3. The standard InChI is InChI=1S/C11H11NO3/c1-9(13)14-15-11(2,8-12)10-6-4-3-5-7-10/h3-7H,1-2H3. The predicted molar refractivity (Wildman–Crippen MR) is 52.3 cm³/mol. The van der Waals surface area contributed by atoms with E-state index in [0.717, 1.165) is 0 Å². The Morgan fingerprint density at radius 1 is 1.40 bits per heavy atom. The minimum atomic E-state index is -1.27. The lowest BCUT2D eigenvalue weighted by Gasteiger charge is -2.19. The van der Waals surface area contributed by atoms with E-state index in [0.29, 0.717) is 5.56 Å². The maximum atomic E-state index is 10.6. The summed E-state index contributed by atoms with van der Waals surface area (Å²) in [6, 6.07) is 10.8. The van der Waals surface area contributed by atoms with E-state index >= 15 is 0 Å². The van der Waals surface area contributed by atoms with Crippen LogP contribution in [0.25, 0.3) is 0 Å². The van der Waals surface area contributed by atoms with Crippen molar-refractivity contribution >= 4 is 5.97 Å². The summed E-state index contributed by atoms with van der Waals surface area (Å²) in [5, 5.41) is 8.99. The summed E-state index contributed by atoms with van der Waals surface area (Å²) in [4.78, 5) is 19.8. The Hall–Kier alpha value is -1.86. The van der Waals surface area contributed by atoms with Gasteiger partial charge in [0.15, 0.2) is 0 Å². The molecule has 0 saturated heterocycles. The lowest BCUT2D eigenvalue weighted by atomic mass is 9.98. The largest absolute Gasteiger partial charge is 0.339 e. The number of nitrogens with zero attached hydrogens (tertiary/aromatic N) is 1. The van der Waals surface area contributed by atoms with Crippen molar-refractivity contribution in [1.29, 1.82) is 5.26 Å². The van der Waals surface area contributed by atoms with Crippen LogP contribution in [0, 0.1) is 11.3 Å². The fourth-order valence-corrected chi connectivity index (χ4v) is 1.03. The lowest BCUT2D eigenvalue weighted by Crippen LogP contribution is -2.25. The lowest BCUT2D eigenvalue weighted by molar-refractivity contribution is -0.317. The smallest absolute Gasteiger partial charge is 0.297 e. The number of hydrogen-bond acceptors (Lipinski definition) is 4. The van der Waals surface area contributed by atoms with Crippen molar-refractivity contribution in [2.75, 3.05) is 0 Å². The van der Waals surface area contributed by atoms with Crippen molar-refractivity contribution in [1.82, 2.24) is 0 Å². The van der Waals surface area contributed by atoms with Crippen LogP contribution in [0.1, 0.15) is 19.4 Å². The normalized spacial score (nSPS) is 13.7. The van der Waals surface area contributed by atoms with Gasteiger partial charge in [-0.2, -0.15) is 10.1 Å². The molecule has 0 fully saturated rings. The fourth-order valence-electron chi connectivity index (χ4n) is 1.03. The third-order valence-electron chi connectivity index (χ3n) is 1.86. The van der Waals surface area contributed by atoms with E-state index in [4.69, 9.17) is 10.1 Å². The molecule has 78 valence electrons. The van der Waals surface area contributed by atoms with Crippen molar-refractivity contribution in [2.45, 2.75) is 19.4 Å². The van der Waals surface area contributed by atoms with E-state index in [9.17, 15) is 4.79 Å². The molecule has 0 aliphatic heterocycles. The Balaban J connectivity index is 2.87. The van der Waals surface area contributed by atoms with Crippen molar-refractivity contribution in [3.8, 4) is 6.07 Å². The van der Waals surface area contributed by atoms with Gasteiger partial charge in [-0.15, -0.1) is 0 Å². The highest BCUT2D eigenvalue weighted by molar-refractivity contribution is 5.65. The number of carbonyl (C=O) groups is 1. The molecular formula is C11H11NO3. The average Bonchev–Trinajstić information content (AvgIpc) is 2.27. The van der Waals surface area contributed by atoms with Gasteiger partial charge in [0.2, 0.25) is 5.60 Å². The maximum Gasteiger partial charge on any atom is 0.339 e. The number of benzene rings is 1. The first kappa shape index (κ1) is 11.2. The average molecular weight is 205 g/mol. The Kier molecular flexibility index (Phi) is 3.42. The van der Waals surface area contributed by atoms with Gasteiger partial charge in [-0.3, -0.25) is 4.89 Å². The summed E-state index contributed by atoms with van der Waals surface area (Å²) >= 11 is 0. The Morgan fingerprint density at radius 2 is 2.00 bits per heavy atom. The van der Waals surface area contributed by atoms with Gasteiger partial charge in [-0.25, -0.2) is 4.79 Å². The molecule has 0 bridgehead atoms. The molecule has 15 heavy (non-hydrogen) atoms. The van der Waals surface area contributed by atoms with Crippen molar-refractivity contribution in [2.24, 2.45) is 0 Å². The van der Waals surface area contributed by atoms with E-state index in [-0.39, 0.29) is 0 Å². The molecule has 1 aromatic rings. The van der Waals surface area contributed by atoms with Crippen LogP contribution in [-0.4, -0.2) is 5.97 Å². The minimum Gasteiger partial charge on any atom is -0.297 e.